The van der Waals surface area contributed by atoms with Crippen LogP contribution in [0.1, 0.15) is 29.9 Å². The third-order valence-electron chi connectivity index (χ3n) is 4.03. The lowest BCUT2D eigenvalue weighted by molar-refractivity contribution is 0.189. The van der Waals surface area contributed by atoms with Gasteiger partial charge in [-0.25, -0.2) is 0 Å². The van der Waals surface area contributed by atoms with E-state index < -0.39 is 0 Å². The minimum Gasteiger partial charge on any atom is -0.487 e. The lowest BCUT2D eigenvalue weighted by Gasteiger charge is -2.07. The Morgan fingerprint density at radius 2 is 2.05 bits per heavy atom. The quantitative estimate of drug-likeness (QED) is 0.774. The average Bonchev–Trinajstić information content (AvgIpc) is 3.32. The van der Waals surface area contributed by atoms with E-state index in [4.69, 9.17) is 9.47 Å². The molecule has 0 amide bonds. The van der Waals surface area contributed by atoms with E-state index in [0.29, 0.717) is 12.5 Å². The predicted octanol–water partition coefficient (Wildman–Crippen LogP) is 3.80. The van der Waals surface area contributed by atoms with Crippen molar-refractivity contribution in [2.45, 2.75) is 25.4 Å². The van der Waals surface area contributed by atoms with Gasteiger partial charge in [0.2, 0.25) is 0 Å². The summed E-state index contributed by atoms with van der Waals surface area (Å²) in [6.45, 7) is 1.43. The van der Waals surface area contributed by atoms with E-state index in [1.165, 1.54) is 17.5 Å². The highest BCUT2D eigenvalue weighted by atomic mass is 16.5. The first-order valence-electron chi connectivity index (χ1n) is 7.47. The second-order valence-corrected chi connectivity index (χ2v) is 5.61. The second kappa shape index (κ2) is 6.72. The molecule has 2 atom stereocenters. The van der Waals surface area contributed by atoms with Gasteiger partial charge in [-0.2, -0.15) is 0 Å². The monoisotopic (exact) mass is 283 g/mol. The third kappa shape index (κ3) is 3.82. The Balaban J connectivity index is 1.57. The Morgan fingerprint density at radius 1 is 1.19 bits per heavy atom. The van der Waals surface area contributed by atoms with Crippen LogP contribution in [0.15, 0.2) is 48.8 Å². The third-order valence-corrected chi connectivity index (χ3v) is 4.03. The summed E-state index contributed by atoms with van der Waals surface area (Å²) in [6, 6.07) is 12.3. The summed E-state index contributed by atoms with van der Waals surface area (Å²) >= 11 is 0. The molecule has 3 nitrogen and oxygen atoms in total. The highest BCUT2D eigenvalue weighted by molar-refractivity contribution is 5.30. The molecule has 0 N–H and O–H groups in total. The minimum absolute atomic E-state index is 0.587. The fourth-order valence-electron chi connectivity index (χ4n) is 2.70. The molecule has 2 aromatic rings. The lowest BCUT2D eigenvalue weighted by Crippen LogP contribution is -1.97. The molecule has 0 radical (unpaired) electrons. The molecule has 1 aliphatic rings. The van der Waals surface area contributed by atoms with Crippen LogP contribution in [0.2, 0.25) is 0 Å². The molecule has 2 unspecified atom stereocenters. The molecule has 1 aromatic carbocycles. The number of methoxy groups -OCH3 is 1. The zero-order valence-electron chi connectivity index (χ0n) is 12.4. The Labute approximate surface area is 125 Å². The van der Waals surface area contributed by atoms with Crippen LogP contribution in [-0.4, -0.2) is 18.7 Å². The van der Waals surface area contributed by atoms with Gasteiger partial charge in [-0.3, -0.25) is 4.98 Å². The van der Waals surface area contributed by atoms with E-state index in [0.717, 1.165) is 24.7 Å². The van der Waals surface area contributed by atoms with Crippen molar-refractivity contribution in [3.63, 3.8) is 0 Å². The standard InChI is InChI=1S/C18H21NO2/c1-20-8-7-15-10-18(15)16-9-17(12-19-11-16)21-13-14-5-3-2-4-6-14/h2-6,9,11-12,15,18H,7-8,10,13H2,1H3. The smallest absolute Gasteiger partial charge is 0.138 e. The van der Waals surface area contributed by atoms with Gasteiger partial charge >= 0.3 is 0 Å². The van der Waals surface area contributed by atoms with Gasteiger partial charge in [0.15, 0.2) is 0 Å². The average molecular weight is 283 g/mol. The zero-order chi connectivity index (χ0) is 14.5. The van der Waals surface area contributed by atoms with Gasteiger partial charge in [-0.1, -0.05) is 30.3 Å². The Hall–Kier alpha value is -1.87. The molecule has 1 aromatic heterocycles. The largest absolute Gasteiger partial charge is 0.487 e. The minimum atomic E-state index is 0.587. The maximum atomic E-state index is 5.84. The van der Waals surface area contributed by atoms with Gasteiger partial charge in [0.25, 0.3) is 0 Å². The Morgan fingerprint density at radius 3 is 2.86 bits per heavy atom. The molecular formula is C18H21NO2. The predicted molar refractivity (Wildman–Crippen MR) is 82.4 cm³/mol. The van der Waals surface area contributed by atoms with Crippen molar-refractivity contribution in [3.8, 4) is 5.75 Å². The van der Waals surface area contributed by atoms with Gasteiger partial charge in [0, 0.05) is 19.9 Å². The number of rotatable bonds is 7. The van der Waals surface area contributed by atoms with E-state index in [-0.39, 0.29) is 0 Å². The van der Waals surface area contributed by atoms with E-state index >= 15 is 0 Å². The van der Waals surface area contributed by atoms with Gasteiger partial charge < -0.3 is 9.47 Å². The molecule has 3 heteroatoms. The van der Waals surface area contributed by atoms with Gasteiger partial charge in [0.1, 0.15) is 12.4 Å². The molecular weight excluding hydrogens is 262 g/mol. The van der Waals surface area contributed by atoms with Crippen molar-refractivity contribution in [2.75, 3.05) is 13.7 Å². The summed E-state index contributed by atoms with van der Waals surface area (Å²) in [7, 11) is 1.76. The first-order valence-corrected chi connectivity index (χ1v) is 7.47. The number of ether oxygens (including phenoxy) is 2. The van der Waals surface area contributed by atoms with Crippen LogP contribution in [0.3, 0.4) is 0 Å². The number of nitrogens with zero attached hydrogens (tertiary/aromatic N) is 1. The van der Waals surface area contributed by atoms with E-state index in [2.05, 4.69) is 23.2 Å². The first-order chi connectivity index (χ1) is 10.4. The molecule has 0 spiro atoms. The molecule has 0 bridgehead atoms. The normalized spacial score (nSPS) is 20.2. The summed E-state index contributed by atoms with van der Waals surface area (Å²) in [5, 5.41) is 0. The van der Waals surface area contributed by atoms with Crippen LogP contribution in [0, 0.1) is 5.92 Å². The highest BCUT2D eigenvalue weighted by Gasteiger charge is 2.37. The first kappa shape index (κ1) is 14.1. The van der Waals surface area contributed by atoms with Crippen LogP contribution in [0.25, 0.3) is 0 Å². The zero-order valence-corrected chi connectivity index (χ0v) is 12.4. The number of pyridine rings is 1. The maximum absolute atomic E-state index is 5.84. The summed E-state index contributed by atoms with van der Waals surface area (Å²) in [5.41, 5.74) is 2.47. The van der Waals surface area contributed by atoms with Crippen molar-refractivity contribution < 1.29 is 9.47 Å². The summed E-state index contributed by atoms with van der Waals surface area (Å²) in [5.74, 6) is 2.23. The van der Waals surface area contributed by atoms with Crippen LogP contribution >= 0.6 is 0 Å². The van der Waals surface area contributed by atoms with Crippen molar-refractivity contribution >= 4 is 0 Å². The molecule has 110 valence electrons. The van der Waals surface area contributed by atoms with Crippen LogP contribution < -0.4 is 4.74 Å². The Kier molecular flexibility index (Phi) is 4.51. The maximum Gasteiger partial charge on any atom is 0.138 e. The number of hydrogen-bond acceptors (Lipinski definition) is 3. The highest BCUT2D eigenvalue weighted by Crippen LogP contribution is 2.49. The molecule has 0 saturated heterocycles. The van der Waals surface area contributed by atoms with Gasteiger partial charge in [-0.15, -0.1) is 0 Å². The molecule has 1 saturated carbocycles. The topological polar surface area (TPSA) is 31.4 Å². The van der Waals surface area contributed by atoms with Crippen LogP contribution in [-0.2, 0) is 11.3 Å². The summed E-state index contributed by atoms with van der Waals surface area (Å²) < 4.78 is 11.0. The lowest BCUT2D eigenvalue weighted by atomic mass is 10.1. The number of aromatic nitrogens is 1. The molecule has 1 fully saturated rings. The SMILES string of the molecule is COCCC1CC1c1cncc(OCc2ccccc2)c1. The van der Waals surface area contributed by atoms with Gasteiger partial charge in [-0.05, 0) is 41.9 Å². The molecule has 21 heavy (non-hydrogen) atoms. The van der Waals surface area contributed by atoms with Crippen molar-refractivity contribution in [1.29, 1.82) is 0 Å². The summed E-state index contributed by atoms with van der Waals surface area (Å²) in [4.78, 5) is 4.32. The number of hydrogen-bond donors (Lipinski definition) is 0. The summed E-state index contributed by atoms with van der Waals surface area (Å²) in [6.07, 6.45) is 6.13. The van der Waals surface area contributed by atoms with Crippen molar-refractivity contribution in [3.05, 3.63) is 59.9 Å². The number of benzene rings is 1. The second-order valence-electron chi connectivity index (χ2n) is 5.61. The van der Waals surface area contributed by atoms with E-state index in [1.54, 1.807) is 13.3 Å². The Bertz CT molecular complexity index is 570. The molecule has 0 aliphatic heterocycles. The van der Waals surface area contributed by atoms with E-state index in [1.807, 2.05) is 24.4 Å². The van der Waals surface area contributed by atoms with Crippen LogP contribution in [0.5, 0.6) is 5.75 Å². The molecule has 1 aliphatic carbocycles. The van der Waals surface area contributed by atoms with Crippen molar-refractivity contribution in [2.24, 2.45) is 5.92 Å². The molecule has 1 heterocycles. The fourth-order valence-corrected chi connectivity index (χ4v) is 2.70. The van der Waals surface area contributed by atoms with Gasteiger partial charge in [0.05, 0.1) is 6.20 Å². The van der Waals surface area contributed by atoms with Crippen LogP contribution in [0.4, 0.5) is 0 Å². The van der Waals surface area contributed by atoms with E-state index in [9.17, 15) is 0 Å². The fraction of sp³-hybridized carbons (Fsp3) is 0.389. The molecule has 3 rings (SSSR count). The van der Waals surface area contributed by atoms with Crippen molar-refractivity contribution in [1.82, 2.24) is 4.98 Å².